The number of halogens is 1. The summed E-state index contributed by atoms with van der Waals surface area (Å²) < 4.78 is 0. The fraction of sp³-hybridized carbons (Fsp3) is 0.176. The maximum Gasteiger partial charge on any atom is 0.265 e. The van der Waals surface area contributed by atoms with Gasteiger partial charge in [0.2, 0.25) is 0 Å². The minimum absolute atomic E-state index is 0.147. The molecule has 0 aromatic heterocycles. The number of nitrogens with zero attached hydrogens (tertiary/aromatic N) is 1. The number of hydrogen-bond acceptors (Lipinski definition) is 3. The highest BCUT2D eigenvalue weighted by Gasteiger charge is 2.02. The molecule has 0 atom stereocenters. The van der Waals surface area contributed by atoms with Crippen molar-refractivity contribution in [1.82, 2.24) is 0 Å². The number of rotatable bonds is 6. The van der Waals surface area contributed by atoms with Crippen LogP contribution in [0.1, 0.15) is 18.1 Å². The van der Waals surface area contributed by atoms with Crippen molar-refractivity contribution in [3.63, 3.8) is 0 Å². The summed E-state index contributed by atoms with van der Waals surface area (Å²) in [4.78, 5) is 16.6. The van der Waals surface area contributed by atoms with Crippen molar-refractivity contribution >= 4 is 29.4 Å². The highest BCUT2D eigenvalue weighted by Crippen LogP contribution is 2.13. The number of carbonyl (C=O) groups excluding carboxylic acids is 1. The van der Waals surface area contributed by atoms with Crippen LogP contribution in [0.15, 0.2) is 53.7 Å². The van der Waals surface area contributed by atoms with Gasteiger partial charge in [0.05, 0.1) is 6.21 Å². The molecule has 0 saturated carbocycles. The van der Waals surface area contributed by atoms with E-state index >= 15 is 0 Å². The summed E-state index contributed by atoms with van der Waals surface area (Å²) in [5.74, 6) is -0.277. The zero-order valence-corrected chi connectivity index (χ0v) is 13.0. The van der Waals surface area contributed by atoms with Crippen LogP contribution in [-0.4, -0.2) is 18.7 Å². The van der Waals surface area contributed by atoms with Gasteiger partial charge >= 0.3 is 0 Å². The van der Waals surface area contributed by atoms with Crippen LogP contribution in [0.25, 0.3) is 0 Å². The van der Waals surface area contributed by atoms with Gasteiger partial charge in [-0.25, -0.2) is 0 Å². The second-order valence-corrected chi connectivity index (χ2v) is 5.09. The standard InChI is InChI=1S/C17H17ClN2O2/c1-2-13-3-5-14(6-4-13)11-19-22-12-17(21)20-16-9-7-15(18)8-10-16/h3-11H,2,12H2,1H3,(H,20,21)/b19-11-. The lowest BCUT2D eigenvalue weighted by Crippen LogP contribution is -2.16. The second kappa shape index (κ2) is 8.20. The van der Waals surface area contributed by atoms with E-state index in [1.165, 1.54) is 5.56 Å². The van der Waals surface area contributed by atoms with Gasteiger partial charge in [-0.2, -0.15) is 0 Å². The molecule has 1 N–H and O–H groups in total. The summed E-state index contributed by atoms with van der Waals surface area (Å²) in [6.07, 6.45) is 2.58. The monoisotopic (exact) mass is 316 g/mol. The number of aryl methyl sites for hydroxylation is 1. The summed E-state index contributed by atoms with van der Waals surface area (Å²) in [5.41, 5.74) is 2.85. The number of hydrogen-bond donors (Lipinski definition) is 1. The topological polar surface area (TPSA) is 50.7 Å². The van der Waals surface area contributed by atoms with Gasteiger partial charge in [0.25, 0.3) is 5.91 Å². The average molecular weight is 317 g/mol. The Hall–Kier alpha value is -2.33. The van der Waals surface area contributed by atoms with E-state index in [9.17, 15) is 4.79 Å². The molecular weight excluding hydrogens is 300 g/mol. The molecule has 0 fully saturated rings. The minimum atomic E-state index is -0.277. The van der Waals surface area contributed by atoms with E-state index in [2.05, 4.69) is 17.4 Å². The molecule has 114 valence electrons. The predicted octanol–water partition coefficient (Wildman–Crippen LogP) is 3.89. The van der Waals surface area contributed by atoms with E-state index in [1.807, 2.05) is 24.3 Å². The molecule has 0 heterocycles. The fourth-order valence-electron chi connectivity index (χ4n) is 1.76. The molecule has 0 unspecified atom stereocenters. The van der Waals surface area contributed by atoms with Crippen molar-refractivity contribution in [2.45, 2.75) is 13.3 Å². The highest BCUT2D eigenvalue weighted by atomic mass is 35.5. The van der Waals surface area contributed by atoms with Crippen LogP contribution in [0.3, 0.4) is 0 Å². The van der Waals surface area contributed by atoms with E-state index in [4.69, 9.17) is 16.4 Å². The van der Waals surface area contributed by atoms with Crippen LogP contribution < -0.4 is 5.32 Å². The van der Waals surface area contributed by atoms with Crippen molar-refractivity contribution in [3.8, 4) is 0 Å². The third kappa shape index (κ3) is 5.22. The number of carbonyl (C=O) groups is 1. The van der Waals surface area contributed by atoms with Gasteiger partial charge in [-0.05, 0) is 41.8 Å². The fourth-order valence-corrected chi connectivity index (χ4v) is 1.89. The van der Waals surface area contributed by atoms with Crippen molar-refractivity contribution in [2.75, 3.05) is 11.9 Å². The van der Waals surface area contributed by atoms with Crippen LogP contribution in [0.4, 0.5) is 5.69 Å². The molecule has 0 radical (unpaired) electrons. The Labute approximate surface area is 134 Å². The van der Waals surface area contributed by atoms with Gasteiger partial charge in [-0.3, -0.25) is 4.79 Å². The smallest absolute Gasteiger partial charge is 0.265 e. The highest BCUT2D eigenvalue weighted by molar-refractivity contribution is 6.30. The zero-order chi connectivity index (χ0) is 15.8. The molecule has 2 aromatic carbocycles. The number of amides is 1. The molecule has 0 saturated heterocycles. The van der Waals surface area contributed by atoms with Crippen molar-refractivity contribution in [2.24, 2.45) is 5.16 Å². The molecule has 0 aliphatic rings. The molecule has 0 spiro atoms. The normalized spacial score (nSPS) is 10.6. The Kier molecular flexibility index (Phi) is 5.98. The summed E-state index contributed by atoms with van der Waals surface area (Å²) in [6.45, 7) is 1.96. The SMILES string of the molecule is CCc1ccc(/C=N\OCC(=O)Nc2ccc(Cl)cc2)cc1. The molecule has 0 aliphatic carbocycles. The van der Waals surface area contributed by atoms with Crippen LogP contribution in [0, 0.1) is 0 Å². The molecule has 1 amide bonds. The first-order chi connectivity index (χ1) is 10.7. The summed E-state index contributed by atoms with van der Waals surface area (Å²) in [6, 6.07) is 14.8. The summed E-state index contributed by atoms with van der Waals surface area (Å²) in [5, 5.41) is 7.09. The first kappa shape index (κ1) is 16.0. The third-order valence-electron chi connectivity index (χ3n) is 2.99. The Morgan fingerprint density at radius 1 is 1.18 bits per heavy atom. The van der Waals surface area contributed by atoms with E-state index < -0.39 is 0 Å². The number of nitrogens with one attached hydrogen (secondary N) is 1. The number of benzene rings is 2. The Morgan fingerprint density at radius 3 is 2.50 bits per heavy atom. The maximum atomic E-state index is 11.6. The predicted molar refractivity (Wildman–Crippen MR) is 89.4 cm³/mol. The van der Waals surface area contributed by atoms with Gasteiger partial charge in [-0.15, -0.1) is 0 Å². The van der Waals surface area contributed by atoms with E-state index in [1.54, 1.807) is 30.5 Å². The molecule has 22 heavy (non-hydrogen) atoms. The lowest BCUT2D eigenvalue weighted by Gasteiger charge is -2.04. The molecular formula is C17H17ClN2O2. The van der Waals surface area contributed by atoms with E-state index in [-0.39, 0.29) is 12.5 Å². The summed E-state index contributed by atoms with van der Waals surface area (Å²) in [7, 11) is 0. The average Bonchev–Trinajstić information content (AvgIpc) is 2.54. The molecule has 0 bridgehead atoms. The van der Waals surface area contributed by atoms with E-state index in [0.717, 1.165) is 12.0 Å². The summed E-state index contributed by atoms with van der Waals surface area (Å²) >= 11 is 5.77. The molecule has 2 rings (SSSR count). The third-order valence-corrected chi connectivity index (χ3v) is 3.24. The first-order valence-corrected chi connectivity index (χ1v) is 7.35. The molecule has 2 aromatic rings. The number of anilines is 1. The Bertz CT molecular complexity index is 637. The molecule has 4 nitrogen and oxygen atoms in total. The van der Waals surface area contributed by atoms with Crippen molar-refractivity contribution in [3.05, 3.63) is 64.7 Å². The first-order valence-electron chi connectivity index (χ1n) is 6.97. The quantitative estimate of drug-likeness (QED) is 0.649. The van der Waals surface area contributed by atoms with Gasteiger partial charge < -0.3 is 10.2 Å². The van der Waals surface area contributed by atoms with Gasteiger partial charge in [0.1, 0.15) is 0 Å². The van der Waals surface area contributed by atoms with Gasteiger partial charge in [-0.1, -0.05) is 47.9 Å². The molecule has 5 heteroatoms. The maximum absolute atomic E-state index is 11.6. The lowest BCUT2D eigenvalue weighted by atomic mass is 10.1. The minimum Gasteiger partial charge on any atom is -0.386 e. The lowest BCUT2D eigenvalue weighted by molar-refractivity contribution is -0.120. The van der Waals surface area contributed by atoms with Gasteiger partial charge in [0.15, 0.2) is 6.61 Å². The second-order valence-electron chi connectivity index (χ2n) is 4.66. The van der Waals surface area contributed by atoms with Crippen molar-refractivity contribution < 1.29 is 9.63 Å². The van der Waals surface area contributed by atoms with E-state index in [0.29, 0.717) is 10.7 Å². The van der Waals surface area contributed by atoms with Gasteiger partial charge in [0, 0.05) is 10.7 Å². The largest absolute Gasteiger partial charge is 0.386 e. The number of oxime groups is 1. The van der Waals surface area contributed by atoms with Crippen LogP contribution >= 0.6 is 11.6 Å². The van der Waals surface area contributed by atoms with Crippen LogP contribution in [-0.2, 0) is 16.1 Å². The van der Waals surface area contributed by atoms with Crippen molar-refractivity contribution in [1.29, 1.82) is 0 Å². The Balaban J connectivity index is 1.76. The Morgan fingerprint density at radius 2 is 1.86 bits per heavy atom. The van der Waals surface area contributed by atoms with Crippen LogP contribution in [0.5, 0.6) is 0 Å². The van der Waals surface area contributed by atoms with Crippen LogP contribution in [0.2, 0.25) is 5.02 Å². The molecule has 0 aliphatic heterocycles. The zero-order valence-electron chi connectivity index (χ0n) is 12.3.